The number of carbonyl (C=O) groups is 1. The first-order chi connectivity index (χ1) is 10.2. The van der Waals surface area contributed by atoms with Gasteiger partial charge in [0, 0.05) is 44.3 Å². The third-order valence-electron chi connectivity index (χ3n) is 4.20. The summed E-state index contributed by atoms with van der Waals surface area (Å²) in [6.07, 6.45) is 1.06. The lowest BCUT2D eigenvalue weighted by Gasteiger charge is -2.38. The molecular formula is C16H25N3O2. The molecule has 1 unspecified atom stereocenters. The van der Waals surface area contributed by atoms with E-state index in [1.807, 2.05) is 29.2 Å². The van der Waals surface area contributed by atoms with Gasteiger partial charge in [0.05, 0.1) is 7.11 Å². The number of methoxy groups -OCH3 is 1. The molecule has 5 heteroatoms. The highest BCUT2D eigenvalue weighted by Crippen LogP contribution is 2.15. The Balaban J connectivity index is 1.93. The molecule has 0 aromatic heterocycles. The lowest BCUT2D eigenvalue weighted by molar-refractivity contribution is 0.0571. The topological polar surface area (TPSA) is 58.8 Å². The summed E-state index contributed by atoms with van der Waals surface area (Å²) in [6, 6.07) is 7.73. The number of nitrogens with zero attached hydrogens (tertiary/aromatic N) is 2. The Hall–Kier alpha value is -1.59. The van der Waals surface area contributed by atoms with Crippen LogP contribution in [0.3, 0.4) is 0 Å². The fourth-order valence-corrected chi connectivity index (χ4v) is 2.78. The van der Waals surface area contributed by atoms with Gasteiger partial charge in [-0.2, -0.15) is 0 Å². The zero-order valence-electron chi connectivity index (χ0n) is 12.9. The van der Waals surface area contributed by atoms with Crippen molar-refractivity contribution in [1.82, 2.24) is 9.80 Å². The molecule has 2 rings (SSSR count). The van der Waals surface area contributed by atoms with Gasteiger partial charge in [0.15, 0.2) is 0 Å². The highest BCUT2D eigenvalue weighted by Gasteiger charge is 2.25. The maximum atomic E-state index is 12.5. The van der Waals surface area contributed by atoms with Crippen molar-refractivity contribution in [2.75, 3.05) is 39.8 Å². The van der Waals surface area contributed by atoms with Crippen LogP contribution in [0.15, 0.2) is 24.3 Å². The highest BCUT2D eigenvalue weighted by molar-refractivity contribution is 5.94. The lowest BCUT2D eigenvalue weighted by atomic mass is 10.1. The number of piperazine rings is 1. The zero-order valence-corrected chi connectivity index (χ0v) is 12.9. The van der Waals surface area contributed by atoms with Gasteiger partial charge in [-0.15, -0.1) is 0 Å². The fraction of sp³-hybridized carbons (Fsp3) is 0.562. The van der Waals surface area contributed by atoms with Crippen molar-refractivity contribution in [3.63, 3.8) is 0 Å². The van der Waals surface area contributed by atoms with Crippen LogP contribution >= 0.6 is 0 Å². The summed E-state index contributed by atoms with van der Waals surface area (Å²) < 4.78 is 5.12. The molecule has 1 fully saturated rings. The van der Waals surface area contributed by atoms with E-state index in [1.165, 1.54) is 0 Å². The molecule has 5 nitrogen and oxygen atoms in total. The molecule has 0 bridgehead atoms. The van der Waals surface area contributed by atoms with Gasteiger partial charge in [-0.3, -0.25) is 9.69 Å². The maximum absolute atomic E-state index is 12.5. The van der Waals surface area contributed by atoms with E-state index < -0.39 is 0 Å². The highest BCUT2D eigenvalue weighted by atomic mass is 16.5. The van der Waals surface area contributed by atoms with Gasteiger partial charge in [-0.1, -0.05) is 6.92 Å². The van der Waals surface area contributed by atoms with Crippen molar-refractivity contribution in [3.05, 3.63) is 29.8 Å². The summed E-state index contributed by atoms with van der Waals surface area (Å²) in [7, 11) is 1.62. The normalized spacial score (nSPS) is 17.6. The minimum absolute atomic E-state index is 0.0955. The first-order valence-electron chi connectivity index (χ1n) is 7.57. The summed E-state index contributed by atoms with van der Waals surface area (Å²) in [5.74, 6) is 0.864. The van der Waals surface area contributed by atoms with Gasteiger partial charge >= 0.3 is 0 Å². The summed E-state index contributed by atoms with van der Waals surface area (Å²) in [4.78, 5) is 16.8. The smallest absolute Gasteiger partial charge is 0.253 e. The van der Waals surface area contributed by atoms with Gasteiger partial charge in [-0.25, -0.2) is 0 Å². The quantitative estimate of drug-likeness (QED) is 0.885. The molecule has 1 aliphatic rings. The third kappa shape index (κ3) is 3.74. The van der Waals surface area contributed by atoms with Gasteiger partial charge < -0.3 is 15.4 Å². The average molecular weight is 291 g/mol. The molecule has 0 radical (unpaired) electrons. The molecule has 0 saturated carbocycles. The second-order valence-electron chi connectivity index (χ2n) is 5.35. The van der Waals surface area contributed by atoms with Crippen LogP contribution in [0.1, 0.15) is 23.7 Å². The van der Waals surface area contributed by atoms with E-state index in [0.717, 1.165) is 43.9 Å². The minimum atomic E-state index is 0.0955. The SMILES string of the molecule is CCC(CN)N1CCN(C(=O)c2ccc(OC)cc2)CC1. The molecule has 116 valence electrons. The van der Waals surface area contributed by atoms with Gasteiger partial charge in [0.25, 0.3) is 5.91 Å². The van der Waals surface area contributed by atoms with Crippen molar-refractivity contribution < 1.29 is 9.53 Å². The average Bonchev–Trinajstić information content (AvgIpc) is 2.56. The molecule has 1 heterocycles. The molecule has 1 aliphatic heterocycles. The standard InChI is InChI=1S/C16H25N3O2/c1-3-14(12-17)18-8-10-19(11-9-18)16(20)13-4-6-15(21-2)7-5-13/h4-7,14H,3,8-12,17H2,1-2H3. The lowest BCUT2D eigenvalue weighted by Crippen LogP contribution is -2.53. The van der Waals surface area contributed by atoms with E-state index in [-0.39, 0.29) is 5.91 Å². The largest absolute Gasteiger partial charge is 0.497 e. The van der Waals surface area contributed by atoms with E-state index >= 15 is 0 Å². The number of rotatable bonds is 5. The molecular weight excluding hydrogens is 266 g/mol. The molecule has 0 spiro atoms. The van der Waals surface area contributed by atoms with Gasteiger partial charge in [-0.05, 0) is 30.7 Å². The second-order valence-corrected chi connectivity index (χ2v) is 5.35. The number of benzene rings is 1. The van der Waals surface area contributed by atoms with E-state index in [4.69, 9.17) is 10.5 Å². The molecule has 0 aliphatic carbocycles. The Morgan fingerprint density at radius 3 is 2.33 bits per heavy atom. The van der Waals surface area contributed by atoms with Gasteiger partial charge in [0.1, 0.15) is 5.75 Å². The maximum Gasteiger partial charge on any atom is 0.253 e. The molecule has 21 heavy (non-hydrogen) atoms. The van der Waals surface area contributed by atoms with Crippen LogP contribution < -0.4 is 10.5 Å². The third-order valence-corrected chi connectivity index (χ3v) is 4.20. The predicted octanol–water partition coefficient (Wildman–Crippen LogP) is 1.19. The summed E-state index contributed by atoms with van der Waals surface area (Å²) >= 11 is 0. The first kappa shape index (κ1) is 15.8. The van der Waals surface area contributed by atoms with Crippen LogP contribution in [0.2, 0.25) is 0 Å². The fourth-order valence-electron chi connectivity index (χ4n) is 2.78. The molecule has 1 aromatic carbocycles. The number of nitrogens with two attached hydrogens (primary N) is 1. The molecule has 1 aromatic rings. The minimum Gasteiger partial charge on any atom is -0.497 e. The molecule has 1 amide bonds. The van der Waals surface area contributed by atoms with Crippen LogP contribution in [-0.2, 0) is 0 Å². The molecule has 1 saturated heterocycles. The Morgan fingerprint density at radius 2 is 1.86 bits per heavy atom. The van der Waals surface area contributed by atoms with Crippen LogP contribution in [0.5, 0.6) is 5.75 Å². The van der Waals surface area contributed by atoms with E-state index in [0.29, 0.717) is 12.6 Å². The van der Waals surface area contributed by atoms with E-state index in [1.54, 1.807) is 7.11 Å². The molecule has 2 N–H and O–H groups in total. The Kier molecular flexibility index (Phi) is 5.59. The van der Waals surface area contributed by atoms with Crippen LogP contribution in [-0.4, -0.2) is 61.6 Å². The first-order valence-corrected chi connectivity index (χ1v) is 7.57. The van der Waals surface area contributed by atoms with E-state index in [9.17, 15) is 4.79 Å². The zero-order chi connectivity index (χ0) is 15.2. The summed E-state index contributed by atoms with van der Waals surface area (Å²) in [5, 5.41) is 0. The monoisotopic (exact) mass is 291 g/mol. The van der Waals surface area contributed by atoms with Crippen molar-refractivity contribution >= 4 is 5.91 Å². The Labute approximate surface area is 126 Å². The van der Waals surface area contributed by atoms with E-state index in [2.05, 4.69) is 11.8 Å². The van der Waals surface area contributed by atoms with Crippen molar-refractivity contribution in [2.24, 2.45) is 5.73 Å². The van der Waals surface area contributed by atoms with Crippen molar-refractivity contribution in [3.8, 4) is 5.75 Å². The van der Waals surface area contributed by atoms with Crippen LogP contribution in [0, 0.1) is 0 Å². The summed E-state index contributed by atoms with van der Waals surface area (Å²) in [5.41, 5.74) is 6.51. The Morgan fingerprint density at radius 1 is 1.24 bits per heavy atom. The second kappa shape index (κ2) is 7.43. The number of ether oxygens (including phenoxy) is 1. The predicted molar refractivity (Wildman–Crippen MR) is 83.6 cm³/mol. The Bertz CT molecular complexity index is 449. The van der Waals surface area contributed by atoms with Crippen LogP contribution in [0.4, 0.5) is 0 Å². The molecule has 1 atom stereocenters. The number of amides is 1. The number of hydrogen-bond donors (Lipinski definition) is 1. The number of hydrogen-bond acceptors (Lipinski definition) is 4. The van der Waals surface area contributed by atoms with Crippen LogP contribution in [0.25, 0.3) is 0 Å². The number of carbonyl (C=O) groups excluding carboxylic acids is 1. The van der Waals surface area contributed by atoms with Crippen molar-refractivity contribution in [1.29, 1.82) is 0 Å². The summed E-state index contributed by atoms with van der Waals surface area (Å²) in [6.45, 7) is 6.17. The van der Waals surface area contributed by atoms with Crippen molar-refractivity contribution in [2.45, 2.75) is 19.4 Å². The van der Waals surface area contributed by atoms with Gasteiger partial charge in [0.2, 0.25) is 0 Å².